The number of rotatable bonds is 5. The molecule has 0 saturated carbocycles. The van der Waals surface area contributed by atoms with Crippen LogP contribution < -0.4 is 19.7 Å². The van der Waals surface area contributed by atoms with Crippen LogP contribution in [0.4, 0.5) is 16.2 Å². The third kappa shape index (κ3) is 4.59. The smallest absolute Gasteiger partial charge is 0.324 e. The van der Waals surface area contributed by atoms with Crippen molar-refractivity contribution in [3.8, 4) is 11.5 Å². The van der Waals surface area contributed by atoms with Crippen LogP contribution in [0.1, 0.15) is 22.3 Å². The van der Waals surface area contributed by atoms with Crippen LogP contribution in [-0.2, 0) is 6.54 Å². The van der Waals surface area contributed by atoms with Crippen LogP contribution in [-0.4, -0.2) is 36.7 Å². The second-order valence-corrected chi connectivity index (χ2v) is 8.34. The van der Waals surface area contributed by atoms with Crippen LogP contribution in [0.2, 0.25) is 5.02 Å². The highest BCUT2D eigenvalue weighted by molar-refractivity contribution is 6.30. The van der Waals surface area contributed by atoms with Crippen LogP contribution >= 0.6 is 11.6 Å². The Kier molecular flexibility index (Phi) is 5.79. The highest BCUT2D eigenvalue weighted by Gasteiger charge is 2.27. The summed E-state index contributed by atoms with van der Waals surface area (Å²) in [4.78, 5) is 29.3. The Bertz CT molecular complexity index is 1200. The summed E-state index contributed by atoms with van der Waals surface area (Å²) in [6, 6.07) is 19.9. The van der Waals surface area contributed by atoms with E-state index in [0.29, 0.717) is 47.4 Å². The molecule has 0 radical (unpaired) electrons. The topological polar surface area (TPSA) is 71.1 Å². The lowest BCUT2D eigenvalue weighted by atomic mass is 10.1. The zero-order valence-corrected chi connectivity index (χ0v) is 18.5. The number of carbonyl (C=O) groups is 2. The Morgan fingerprint density at radius 1 is 0.970 bits per heavy atom. The van der Waals surface area contributed by atoms with Gasteiger partial charge in [0.2, 0.25) is 6.79 Å². The van der Waals surface area contributed by atoms with Gasteiger partial charge >= 0.3 is 6.03 Å². The van der Waals surface area contributed by atoms with E-state index in [-0.39, 0.29) is 18.7 Å². The molecule has 7 nitrogen and oxygen atoms in total. The number of ether oxygens (including phenoxy) is 2. The van der Waals surface area contributed by atoms with Gasteiger partial charge in [-0.25, -0.2) is 4.79 Å². The second-order valence-electron chi connectivity index (χ2n) is 7.91. The highest BCUT2D eigenvalue weighted by Crippen LogP contribution is 2.32. The van der Waals surface area contributed by atoms with Crippen LogP contribution in [0.25, 0.3) is 0 Å². The molecule has 3 aromatic rings. The molecule has 2 aliphatic rings. The average molecular weight is 464 g/mol. The first-order chi connectivity index (χ1) is 16.1. The maximum Gasteiger partial charge on any atom is 0.324 e. The van der Waals surface area contributed by atoms with Crippen molar-refractivity contribution in [2.75, 3.05) is 30.1 Å². The fourth-order valence-corrected chi connectivity index (χ4v) is 4.20. The number of nitrogens with zero attached hydrogens (tertiary/aromatic N) is 2. The molecular weight excluding hydrogens is 442 g/mol. The SMILES string of the molecule is O=C(Nc1ccc(N2CCCN(Cc3cccc(Cl)c3)C2=O)cc1)c1ccc2c(c1)OCO2. The number of nitrogens with one attached hydrogen (secondary N) is 1. The molecule has 1 saturated heterocycles. The van der Waals surface area contributed by atoms with Gasteiger partial charge < -0.3 is 19.7 Å². The van der Waals surface area contributed by atoms with Crippen molar-refractivity contribution in [3.63, 3.8) is 0 Å². The lowest BCUT2D eigenvalue weighted by Gasteiger charge is -2.35. The fraction of sp³-hybridized carbons (Fsp3) is 0.200. The number of benzene rings is 3. The molecule has 3 amide bonds. The molecule has 0 unspecified atom stereocenters. The summed E-state index contributed by atoms with van der Waals surface area (Å²) in [5.74, 6) is 0.943. The monoisotopic (exact) mass is 463 g/mol. The van der Waals surface area contributed by atoms with Crippen LogP contribution in [0.3, 0.4) is 0 Å². The molecule has 1 fully saturated rings. The molecule has 8 heteroatoms. The summed E-state index contributed by atoms with van der Waals surface area (Å²) in [5.41, 5.74) is 2.91. The number of carbonyl (C=O) groups excluding carboxylic acids is 2. The van der Waals surface area contributed by atoms with E-state index < -0.39 is 0 Å². The fourth-order valence-electron chi connectivity index (χ4n) is 3.99. The minimum atomic E-state index is -0.247. The van der Waals surface area contributed by atoms with Crippen molar-refractivity contribution in [1.82, 2.24) is 4.90 Å². The Morgan fingerprint density at radius 3 is 2.61 bits per heavy atom. The van der Waals surface area contributed by atoms with E-state index >= 15 is 0 Å². The van der Waals surface area contributed by atoms with E-state index in [1.165, 1.54) is 0 Å². The number of fused-ring (bicyclic) bond motifs is 1. The van der Waals surface area contributed by atoms with Crippen molar-refractivity contribution in [3.05, 3.63) is 82.9 Å². The van der Waals surface area contributed by atoms with Gasteiger partial charge in [0.25, 0.3) is 5.91 Å². The highest BCUT2D eigenvalue weighted by atomic mass is 35.5. The van der Waals surface area contributed by atoms with Crippen LogP contribution in [0, 0.1) is 0 Å². The van der Waals surface area contributed by atoms with Gasteiger partial charge in [-0.15, -0.1) is 0 Å². The summed E-state index contributed by atoms with van der Waals surface area (Å²) in [7, 11) is 0. The van der Waals surface area contributed by atoms with E-state index in [1.54, 1.807) is 35.2 Å². The van der Waals surface area contributed by atoms with Crippen molar-refractivity contribution in [2.45, 2.75) is 13.0 Å². The molecule has 2 heterocycles. The molecule has 0 bridgehead atoms. The van der Waals surface area contributed by atoms with Crippen LogP contribution in [0.15, 0.2) is 66.7 Å². The van der Waals surface area contributed by atoms with E-state index in [1.807, 2.05) is 41.3 Å². The Balaban J connectivity index is 1.25. The van der Waals surface area contributed by atoms with Gasteiger partial charge in [-0.1, -0.05) is 23.7 Å². The number of hydrogen-bond donors (Lipinski definition) is 1. The van der Waals surface area contributed by atoms with E-state index in [2.05, 4.69) is 5.32 Å². The number of halogens is 1. The largest absolute Gasteiger partial charge is 0.454 e. The molecule has 0 spiro atoms. The molecule has 168 valence electrons. The predicted molar refractivity (Wildman–Crippen MR) is 126 cm³/mol. The van der Waals surface area contributed by atoms with Gasteiger partial charge in [0.15, 0.2) is 11.5 Å². The first-order valence-electron chi connectivity index (χ1n) is 10.7. The van der Waals surface area contributed by atoms with Gasteiger partial charge in [-0.05, 0) is 66.6 Å². The second kappa shape index (κ2) is 9.03. The van der Waals surface area contributed by atoms with Gasteiger partial charge in [-0.2, -0.15) is 0 Å². The minimum Gasteiger partial charge on any atom is -0.454 e. The summed E-state index contributed by atoms with van der Waals surface area (Å²) < 4.78 is 10.6. The average Bonchev–Trinajstić information content (AvgIpc) is 3.29. The maximum absolute atomic E-state index is 13.1. The van der Waals surface area contributed by atoms with Gasteiger partial charge in [0.1, 0.15) is 0 Å². The quantitative estimate of drug-likeness (QED) is 0.567. The Hall–Kier alpha value is -3.71. The summed E-state index contributed by atoms with van der Waals surface area (Å²) in [6.07, 6.45) is 0.870. The number of hydrogen-bond acceptors (Lipinski definition) is 4. The third-order valence-corrected chi connectivity index (χ3v) is 5.88. The molecule has 33 heavy (non-hydrogen) atoms. The van der Waals surface area contributed by atoms with Gasteiger partial charge in [0, 0.05) is 41.6 Å². The van der Waals surface area contributed by atoms with Crippen molar-refractivity contribution in [1.29, 1.82) is 0 Å². The van der Waals surface area contributed by atoms with E-state index in [4.69, 9.17) is 21.1 Å². The zero-order valence-electron chi connectivity index (χ0n) is 17.8. The lowest BCUT2D eigenvalue weighted by Crippen LogP contribution is -2.49. The normalized spacial score (nSPS) is 15.0. The first kappa shape index (κ1) is 21.2. The molecule has 0 atom stereocenters. The Morgan fingerprint density at radius 2 is 1.79 bits per heavy atom. The molecule has 0 aliphatic carbocycles. The third-order valence-electron chi connectivity index (χ3n) is 5.65. The standard InChI is InChI=1S/C25H22ClN3O4/c26-19-4-1-3-17(13-19)15-28-11-2-12-29(25(28)31)21-8-6-20(7-9-21)27-24(30)18-5-10-22-23(14-18)33-16-32-22/h1,3-10,13-14H,2,11-12,15-16H2,(H,27,30). The van der Waals surface area contributed by atoms with Crippen LogP contribution in [0.5, 0.6) is 11.5 Å². The molecule has 2 aliphatic heterocycles. The zero-order chi connectivity index (χ0) is 22.8. The molecule has 1 N–H and O–H groups in total. The summed E-state index contributed by atoms with van der Waals surface area (Å²) >= 11 is 6.08. The van der Waals surface area contributed by atoms with Crippen molar-refractivity contribution >= 4 is 34.9 Å². The minimum absolute atomic E-state index is 0.0432. The van der Waals surface area contributed by atoms with E-state index in [9.17, 15) is 9.59 Å². The number of anilines is 2. The lowest BCUT2D eigenvalue weighted by molar-refractivity contribution is 0.102. The first-order valence-corrected chi connectivity index (χ1v) is 11.1. The molecule has 3 aromatic carbocycles. The summed E-state index contributed by atoms with van der Waals surface area (Å²) in [6.45, 7) is 2.02. The van der Waals surface area contributed by atoms with Gasteiger partial charge in [0.05, 0.1) is 0 Å². The summed E-state index contributed by atoms with van der Waals surface area (Å²) in [5, 5.41) is 3.54. The Labute approximate surface area is 196 Å². The van der Waals surface area contributed by atoms with Crippen molar-refractivity contribution < 1.29 is 19.1 Å². The van der Waals surface area contributed by atoms with Crippen molar-refractivity contribution in [2.24, 2.45) is 0 Å². The maximum atomic E-state index is 13.1. The van der Waals surface area contributed by atoms with E-state index in [0.717, 1.165) is 17.7 Å². The number of urea groups is 1. The number of amides is 3. The molecular formula is C25H22ClN3O4. The predicted octanol–water partition coefficient (Wildman–Crippen LogP) is 5.15. The molecule has 5 rings (SSSR count). The molecule has 0 aromatic heterocycles. The van der Waals surface area contributed by atoms with Gasteiger partial charge in [-0.3, -0.25) is 9.69 Å².